The fourth-order valence-electron chi connectivity index (χ4n) is 2.55. The number of nitrogens with one attached hydrogen (secondary N) is 1. The molecule has 3 N–H and O–H groups in total. The molecule has 0 spiro atoms. The van der Waals surface area contributed by atoms with E-state index in [0.29, 0.717) is 11.8 Å². The number of hydrogen-bond acceptors (Lipinski definition) is 6. The monoisotopic (exact) mass is 265 g/mol. The van der Waals surface area contributed by atoms with Gasteiger partial charge < -0.3 is 11.1 Å². The molecule has 0 saturated heterocycles. The van der Waals surface area contributed by atoms with E-state index in [1.807, 2.05) is 0 Å². The van der Waals surface area contributed by atoms with Crippen LogP contribution in [0.4, 0.5) is 17.3 Å². The second-order valence-corrected chi connectivity index (χ2v) is 5.32. The molecule has 1 aliphatic carbocycles. The van der Waals surface area contributed by atoms with Crippen LogP contribution < -0.4 is 11.1 Å². The second kappa shape index (κ2) is 5.38. The molecule has 1 aliphatic rings. The van der Waals surface area contributed by atoms with Gasteiger partial charge in [-0.05, 0) is 31.1 Å². The Morgan fingerprint density at radius 3 is 2.74 bits per heavy atom. The van der Waals surface area contributed by atoms with Gasteiger partial charge in [-0.1, -0.05) is 13.8 Å². The highest BCUT2D eigenvalue weighted by molar-refractivity contribution is 5.67. The van der Waals surface area contributed by atoms with Crippen LogP contribution in [-0.2, 0) is 0 Å². The van der Waals surface area contributed by atoms with Crippen LogP contribution >= 0.6 is 0 Å². The van der Waals surface area contributed by atoms with Gasteiger partial charge in [-0.2, -0.15) is 0 Å². The van der Waals surface area contributed by atoms with Gasteiger partial charge in [-0.25, -0.2) is 9.97 Å². The summed E-state index contributed by atoms with van der Waals surface area (Å²) in [5, 5.41) is 14.2. The molecule has 0 amide bonds. The number of anilines is 2. The van der Waals surface area contributed by atoms with E-state index in [1.165, 1.54) is 6.33 Å². The fourth-order valence-corrected chi connectivity index (χ4v) is 2.55. The zero-order valence-corrected chi connectivity index (χ0v) is 11.2. The molecule has 0 bridgehead atoms. The predicted octanol–water partition coefficient (Wildman–Crippen LogP) is 2.20. The quantitative estimate of drug-likeness (QED) is 0.641. The maximum atomic E-state index is 11.0. The third-order valence-corrected chi connectivity index (χ3v) is 3.97. The zero-order chi connectivity index (χ0) is 14.0. The number of hydrogen-bond donors (Lipinski definition) is 2. The Morgan fingerprint density at radius 2 is 2.11 bits per heavy atom. The van der Waals surface area contributed by atoms with Gasteiger partial charge in [-0.15, -0.1) is 0 Å². The molecule has 7 heteroatoms. The van der Waals surface area contributed by atoms with Crippen LogP contribution in [0.1, 0.15) is 33.1 Å². The van der Waals surface area contributed by atoms with Gasteiger partial charge in [0.05, 0.1) is 4.92 Å². The summed E-state index contributed by atoms with van der Waals surface area (Å²) in [5.41, 5.74) is 5.32. The molecule has 3 unspecified atom stereocenters. The molecule has 1 saturated carbocycles. The molecular formula is C12H19N5O2. The van der Waals surface area contributed by atoms with Crippen LogP contribution in [-0.4, -0.2) is 20.9 Å². The summed E-state index contributed by atoms with van der Waals surface area (Å²) >= 11 is 0. The van der Waals surface area contributed by atoms with Crippen LogP contribution in [0.5, 0.6) is 0 Å². The number of nitrogens with zero attached hydrogens (tertiary/aromatic N) is 3. The van der Waals surface area contributed by atoms with E-state index in [4.69, 9.17) is 5.73 Å². The normalized spacial score (nSPS) is 26.9. The van der Waals surface area contributed by atoms with E-state index in [2.05, 4.69) is 29.1 Å². The third-order valence-electron chi connectivity index (χ3n) is 3.97. The molecule has 1 fully saturated rings. The van der Waals surface area contributed by atoms with E-state index in [9.17, 15) is 10.1 Å². The van der Waals surface area contributed by atoms with Crippen molar-refractivity contribution in [2.24, 2.45) is 11.8 Å². The van der Waals surface area contributed by atoms with E-state index in [-0.39, 0.29) is 23.4 Å². The highest BCUT2D eigenvalue weighted by Crippen LogP contribution is 2.33. The molecular weight excluding hydrogens is 246 g/mol. The maximum Gasteiger partial charge on any atom is 0.352 e. The average molecular weight is 265 g/mol. The van der Waals surface area contributed by atoms with Crippen molar-refractivity contribution < 1.29 is 4.92 Å². The van der Waals surface area contributed by atoms with Gasteiger partial charge in [0.2, 0.25) is 11.6 Å². The lowest BCUT2D eigenvalue weighted by atomic mass is 9.79. The summed E-state index contributed by atoms with van der Waals surface area (Å²) in [4.78, 5) is 18.1. The highest BCUT2D eigenvalue weighted by Gasteiger charge is 2.28. The van der Waals surface area contributed by atoms with Crippen molar-refractivity contribution in [3.05, 3.63) is 16.4 Å². The number of nitrogens with two attached hydrogens (primary N) is 1. The van der Waals surface area contributed by atoms with Crippen molar-refractivity contribution >= 4 is 17.3 Å². The van der Waals surface area contributed by atoms with Crippen LogP contribution in [0, 0.1) is 22.0 Å². The molecule has 104 valence electrons. The fraction of sp³-hybridized carbons (Fsp3) is 0.667. The lowest BCUT2D eigenvalue weighted by Gasteiger charge is -2.32. The number of nitro groups is 1. The Bertz CT molecular complexity index is 479. The van der Waals surface area contributed by atoms with Crippen molar-refractivity contribution in [3.63, 3.8) is 0 Å². The smallest absolute Gasteiger partial charge is 0.352 e. The number of rotatable bonds is 3. The minimum absolute atomic E-state index is 0.0975. The lowest BCUT2D eigenvalue weighted by Crippen LogP contribution is -2.31. The predicted molar refractivity (Wildman–Crippen MR) is 72.7 cm³/mol. The number of aromatic nitrogens is 2. The Labute approximate surface area is 111 Å². The Balaban J connectivity index is 2.15. The first kappa shape index (κ1) is 13.5. The van der Waals surface area contributed by atoms with E-state index in [1.54, 1.807) is 0 Å². The number of nitrogen functional groups attached to an aromatic ring is 1. The molecule has 2 rings (SSSR count). The summed E-state index contributed by atoms with van der Waals surface area (Å²) in [6.45, 7) is 4.45. The largest absolute Gasteiger partial charge is 0.378 e. The van der Waals surface area contributed by atoms with Gasteiger partial charge in [0.15, 0.2) is 0 Å². The van der Waals surface area contributed by atoms with Gasteiger partial charge in [-0.3, -0.25) is 10.1 Å². The molecule has 1 aromatic heterocycles. The summed E-state index contributed by atoms with van der Waals surface area (Å²) in [6, 6.07) is 0.208. The van der Waals surface area contributed by atoms with Crippen molar-refractivity contribution in [3.8, 4) is 0 Å². The van der Waals surface area contributed by atoms with Gasteiger partial charge in [0, 0.05) is 6.04 Å². The third kappa shape index (κ3) is 2.91. The summed E-state index contributed by atoms with van der Waals surface area (Å²) in [7, 11) is 0. The van der Waals surface area contributed by atoms with Crippen LogP contribution in [0.3, 0.4) is 0 Å². The Morgan fingerprint density at radius 1 is 1.37 bits per heavy atom. The molecule has 0 radical (unpaired) electrons. The van der Waals surface area contributed by atoms with Crippen LogP contribution in [0.15, 0.2) is 6.33 Å². The SMILES string of the molecule is CC1CCC(Nc2ncnc(N)c2[N+](=O)[O-])CC1C. The summed E-state index contributed by atoms with van der Waals surface area (Å²) in [6.07, 6.45) is 4.35. The van der Waals surface area contributed by atoms with Crippen LogP contribution in [0.25, 0.3) is 0 Å². The first-order valence-corrected chi connectivity index (χ1v) is 6.50. The summed E-state index contributed by atoms with van der Waals surface area (Å²) < 4.78 is 0. The topological polar surface area (TPSA) is 107 Å². The van der Waals surface area contributed by atoms with Crippen molar-refractivity contribution in [2.75, 3.05) is 11.1 Å². The standard InChI is InChI=1S/C12H19N5O2/c1-7-3-4-9(5-8(7)2)16-12-10(17(18)19)11(13)14-6-15-12/h6-9H,3-5H2,1-2H3,(H3,13,14,15,16). The first-order valence-electron chi connectivity index (χ1n) is 6.50. The first-order chi connectivity index (χ1) is 8.99. The molecule has 0 aromatic carbocycles. The lowest BCUT2D eigenvalue weighted by molar-refractivity contribution is -0.383. The zero-order valence-electron chi connectivity index (χ0n) is 11.2. The molecule has 1 aromatic rings. The van der Waals surface area contributed by atoms with Crippen molar-refractivity contribution in [2.45, 2.75) is 39.2 Å². The maximum absolute atomic E-state index is 11.0. The minimum Gasteiger partial charge on any atom is -0.378 e. The minimum atomic E-state index is -0.535. The molecule has 1 heterocycles. The van der Waals surface area contributed by atoms with Gasteiger partial charge in [0.1, 0.15) is 6.33 Å². The summed E-state index contributed by atoms with van der Waals surface area (Å²) in [5.74, 6) is 1.43. The van der Waals surface area contributed by atoms with Crippen LogP contribution in [0.2, 0.25) is 0 Å². The second-order valence-electron chi connectivity index (χ2n) is 5.32. The molecule has 3 atom stereocenters. The van der Waals surface area contributed by atoms with E-state index < -0.39 is 4.92 Å². The highest BCUT2D eigenvalue weighted by atomic mass is 16.6. The molecule has 19 heavy (non-hydrogen) atoms. The van der Waals surface area contributed by atoms with Gasteiger partial charge in [0.25, 0.3) is 0 Å². The van der Waals surface area contributed by atoms with Gasteiger partial charge >= 0.3 is 5.69 Å². The van der Waals surface area contributed by atoms with Crippen molar-refractivity contribution in [1.29, 1.82) is 0 Å². The Kier molecular flexibility index (Phi) is 3.82. The molecule has 0 aliphatic heterocycles. The van der Waals surface area contributed by atoms with E-state index in [0.717, 1.165) is 19.3 Å². The Hall–Kier alpha value is -1.92. The average Bonchev–Trinajstić information content (AvgIpc) is 2.33. The van der Waals surface area contributed by atoms with E-state index >= 15 is 0 Å². The molecule has 7 nitrogen and oxygen atoms in total. The van der Waals surface area contributed by atoms with Crippen molar-refractivity contribution in [1.82, 2.24) is 9.97 Å².